The first-order valence-corrected chi connectivity index (χ1v) is 13.0. The monoisotopic (exact) mass is 494 g/mol. The van der Waals surface area contributed by atoms with E-state index < -0.39 is 0 Å². The number of ether oxygens (including phenoxy) is 3. The van der Waals surface area contributed by atoms with E-state index in [0.29, 0.717) is 24.3 Å². The molecular weight excluding hydrogens is 464 g/mol. The number of fused-ring (bicyclic) bond motifs is 1. The lowest BCUT2D eigenvalue weighted by Gasteiger charge is -2.31. The fourth-order valence-corrected chi connectivity index (χ4v) is 5.55. The summed E-state index contributed by atoms with van der Waals surface area (Å²) in [5.41, 5.74) is 1.96. The number of methoxy groups -OCH3 is 1. The van der Waals surface area contributed by atoms with Gasteiger partial charge in [0.05, 0.1) is 12.9 Å². The molecule has 1 aromatic heterocycles. The minimum Gasteiger partial charge on any atom is -0.497 e. The first-order valence-electron chi connectivity index (χ1n) is 12.0. The number of hydrogen-bond acceptors (Lipinski definition) is 7. The first kappa shape index (κ1) is 23.5. The molecule has 0 radical (unpaired) electrons. The number of nitrogens with one attached hydrogen (secondary N) is 1. The zero-order valence-corrected chi connectivity index (χ0v) is 20.8. The number of carbonyl (C=O) groups excluding carboxylic acids is 1. The van der Waals surface area contributed by atoms with E-state index in [1.54, 1.807) is 7.11 Å². The molecular formula is C26H30N4O4S. The van der Waals surface area contributed by atoms with E-state index in [2.05, 4.69) is 27.0 Å². The van der Waals surface area contributed by atoms with E-state index in [4.69, 9.17) is 14.2 Å². The summed E-state index contributed by atoms with van der Waals surface area (Å²) in [4.78, 5) is 12.7. The topological polar surface area (TPSA) is 87.5 Å². The number of rotatable bonds is 8. The van der Waals surface area contributed by atoms with Crippen LogP contribution in [0.15, 0.2) is 47.6 Å². The third kappa shape index (κ3) is 5.24. The Hall–Kier alpha value is -3.20. The molecule has 2 heterocycles. The van der Waals surface area contributed by atoms with Crippen LogP contribution in [-0.4, -0.2) is 40.3 Å². The number of nitrogens with zero attached hydrogens (tertiary/aromatic N) is 3. The van der Waals surface area contributed by atoms with Crippen molar-refractivity contribution in [3.8, 4) is 28.6 Å². The molecule has 2 aliphatic rings. The quantitative estimate of drug-likeness (QED) is 0.448. The van der Waals surface area contributed by atoms with Crippen molar-refractivity contribution >= 4 is 17.7 Å². The Balaban J connectivity index is 1.29. The van der Waals surface area contributed by atoms with E-state index in [9.17, 15) is 4.79 Å². The van der Waals surface area contributed by atoms with Gasteiger partial charge in [0.25, 0.3) is 0 Å². The van der Waals surface area contributed by atoms with Gasteiger partial charge in [-0.1, -0.05) is 37.6 Å². The largest absolute Gasteiger partial charge is 0.497 e. The Labute approximate surface area is 209 Å². The number of benzene rings is 2. The van der Waals surface area contributed by atoms with E-state index in [-0.39, 0.29) is 18.5 Å². The third-order valence-corrected chi connectivity index (χ3v) is 7.61. The molecule has 8 nitrogen and oxygen atoms in total. The maximum Gasteiger partial charge on any atom is 0.231 e. The van der Waals surface area contributed by atoms with E-state index in [1.807, 2.05) is 42.5 Å². The number of hydrogen-bond donors (Lipinski definition) is 1. The molecule has 9 heteroatoms. The van der Waals surface area contributed by atoms with Crippen molar-refractivity contribution in [3.63, 3.8) is 0 Å². The number of carbonyl (C=O) groups is 1. The second kappa shape index (κ2) is 10.6. The van der Waals surface area contributed by atoms with E-state index in [0.717, 1.165) is 40.0 Å². The minimum absolute atomic E-state index is 0.0510. The summed E-state index contributed by atoms with van der Waals surface area (Å²) < 4.78 is 18.3. The smallest absolute Gasteiger partial charge is 0.231 e. The van der Waals surface area contributed by atoms with Crippen LogP contribution in [0.1, 0.15) is 44.2 Å². The SMILES string of the molecule is COc1ccc(-c2nnc(SCC(=O)NCc3ccc4c(c3)OCO4)n2[C@H]2CCCC[C@@H]2C)cc1. The molecule has 35 heavy (non-hydrogen) atoms. The van der Waals surface area contributed by atoms with E-state index in [1.165, 1.54) is 31.0 Å². The Kier molecular flexibility index (Phi) is 7.13. The summed E-state index contributed by atoms with van der Waals surface area (Å²) in [6.07, 6.45) is 4.72. The normalized spacial score (nSPS) is 18.9. The lowest BCUT2D eigenvalue weighted by molar-refractivity contribution is -0.118. The molecule has 2 atom stereocenters. The standard InChI is InChI=1S/C26H30N4O4S/c1-17-5-3-4-6-21(17)30-25(19-8-10-20(32-2)11-9-19)28-29-26(30)35-15-24(31)27-14-18-7-12-22-23(13-18)34-16-33-22/h7-13,17,21H,3-6,14-16H2,1-2H3,(H,27,31)/t17-,21-/m0/s1. The van der Waals surface area contributed by atoms with Gasteiger partial charge >= 0.3 is 0 Å². The molecule has 1 aliphatic heterocycles. The number of thioether (sulfide) groups is 1. The fourth-order valence-electron chi connectivity index (χ4n) is 4.72. The number of aromatic nitrogens is 3. The first-order chi connectivity index (χ1) is 17.1. The molecule has 1 saturated carbocycles. The molecule has 1 N–H and O–H groups in total. The van der Waals surface area contributed by atoms with Crippen LogP contribution < -0.4 is 19.5 Å². The van der Waals surface area contributed by atoms with Crippen LogP contribution in [0, 0.1) is 5.92 Å². The van der Waals surface area contributed by atoms with Crippen LogP contribution >= 0.6 is 11.8 Å². The molecule has 0 spiro atoms. The zero-order chi connectivity index (χ0) is 24.2. The Morgan fingerprint density at radius 2 is 1.91 bits per heavy atom. The summed E-state index contributed by atoms with van der Waals surface area (Å²) in [5.74, 6) is 3.84. The average Bonchev–Trinajstić information content (AvgIpc) is 3.53. The van der Waals surface area contributed by atoms with Crippen LogP contribution in [0.5, 0.6) is 17.2 Å². The summed E-state index contributed by atoms with van der Waals surface area (Å²) in [5, 5.41) is 12.8. The van der Waals surface area contributed by atoms with Crippen molar-refractivity contribution in [2.75, 3.05) is 19.7 Å². The van der Waals surface area contributed by atoms with Gasteiger partial charge in [-0.15, -0.1) is 10.2 Å². The molecule has 0 bridgehead atoms. The Morgan fingerprint density at radius 3 is 2.71 bits per heavy atom. The maximum absolute atomic E-state index is 12.7. The van der Waals surface area contributed by atoms with Gasteiger partial charge in [0.2, 0.25) is 12.7 Å². The van der Waals surface area contributed by atoms with Gasteiger partial charge in [0, 0.05) is 18.2 Å². The highest BCUT2D eigenvalue weighted by atomic mass is 32.2. The van der Waals surface area contributed by atoms with Gasteiger partial charge in [-0.3, -0.25) is 9.36 Å². The molecule has 184 valence electrons. The Morgan fingerprint density at radius 1 is 1.11 bits per heavy atom. The van der Waals surface area contributed by atoms with Crippen molar-refractivity contribution in [1.29, 1.82) is 0 Å². The minimum atomic E-state index is -0.0510. The zero-order valence-electron chi connectivity index (χ0n) is 20.0. The van der Waals surface area contributed by atoms with Crippen LogP contribution in [0.3, 0.4) is 0 Å². The van der Waals surface area contributed by atoms with Gasteiger partial charge in [-0.25, -0.2) is 0 Å². The van der Waals surface area contributed by atoms with Crippen molar-refractivity contribution in [2.24, 2.45) is 5.92 Å². The lowest BCUT2D eigenvalue weighted by atomic mass is 9.85. The summed E-state index contributed by atoms with van der Waals surface area (Å²) in [7, 11) is 1.66. The van der Waals surface area contributed by atoms with Gasteiger partial charge in [0.15, 0.2) is 22.5 Å². The number of amides is 1. The molecule has 3 aromatic rings. The molecule has 1 amide bonds. The van der Waals surface area contributed by atoms with Crippen LogP contribution in [0.2, 0.25) is 0 Å². The molecule has 0 unspecified atom stereocenters. The van der Waals surface area contributed by atoms with Crippen LogP contribution in [0.25, 0.3) is 11.4 Å². The highest BCUT2D eigenvalue weighted by Gasteiger charge is 2.29. The highest BCUT2D eigenvalue weighted by Crippen LogP contribution is 2.39. The van der Waals surface area contributed by atoms with Crippen LogP contribution in [-0.2, 0) is 11.3 Å². The summed E-state index contributed by atoms with van der Waals surface area (Å²) in [6, 6.07) is 13.9. The van der Waals surface area contributed by atoms with Crippen molar-refractivity contribution < 1.29 is 19.0 Å². The predicted octanol–water partition coefficient (Wildman–Crippen LogP) is 4.84. The Bertz CT molecular complexity index is 1180. The van der Waals surface area contributed by atoms with Gasteiger partial charge in [0.1, 0.15) is 5.75 Å². The summed E-state index contributed by atoms with van der Waals surface area (Å²) >= 11 is 1.44. The fraction of sp³-hybridized carbons (Fsp3) is 0.423. The van der Waals surface area contributed by atoms with Crippen molar-refractivity contribution in [2.45, 2.75) is 50.4 Å². The second-order valence-electron chi connectivity index (χ2n) is 8.99. The van der Waals surface area contributed by atoms with Gasteiger partial charge in [-0.2, -0.15) is 0 Å². The van der Waals surface area contributed by atoms with E-state index >= 15 is 0 Å². The van der Waals surface area contributed by atoms with Crippen molar-refractivity contribution in [3.05, 3.63) is 48.0 Å². The van der Waals surface area contributed by atoms with Gasteiger partial charge < -0.3 is 19.5 Å². The second-order valence-corrected chi connectivity index (χ2v) is 9.93. The summed E-state index contributed by atoms with van der Waals surface area (Å²) in [6.45, 7) is 2.97. The maximum atomic E-state index is 12.7. The molecule has 0 saturated heterocycles. The molecule has 1 fully saturated rings. The lowest BCUT2D eigenvalue weighted by Crippen LogP contribution is -2.25. The molecule has 2 aromatic carbocycles. The third-order valence-electron chi connectivity index (χ3n) is 6.67. The predicted molar refractivity (Wildman–Crippen MR) is 134 cm³/mol. The van der Waals surface area contributed by atoms with Gasteiger partial charge in [-0.05, 0) is 60.7 Å². The van der Waals surface area contributed by atoms with Crippen LogP contribution in [0.4, 0.5) is 0 Å². The average molecular weight is 495 g/mol. The molecule has 1 aliphatic carbocycles. The highest BCUT2D eigenvalue weighted by molar-refractivity contribution is 7.99. The molecule has 5 rings (SSSR count). The van der Waals surface area contributed by atoms with Crippen molar-refractivity contribution in [1.82, 2.24) is 20.1 Å².